The van der Waals surface area contributed by atoms with Crippen LogP contribution in [-0.2, 0) is 26.0 Å². The number of fused-ring (bicyclic) bond motifs is 1. The molecule has 0 radical (unpaired) electrons. The van der Waals surface area contributed by atoms with E-state index in [2.05, 4.69) is 9.97 Å². The summed E-state index contributed by atoms with van der Waals surface area (Å²) < 4.78 is 58.2. The molecule has 0 fully saturated rings. The van der Waals surface area contributed by atoms with Gasteiger partial charge in [-0.05, 0) is 50.2 Å². The number of carbonyl (C=O) groups is 1. The van der Waals surface area contributed by atoms with Crippen LogP contribution in [0.25, 0.3) is 11.0 Å². The summed E-state index contributed by atoms with van der Waals surface area (Å²) in [6, 6.07) is 9.85. The smallest absolute Gasteiger partial charge is 0.346 e. The molecule has 1 atom stereocenters. The molecule has 4 rings (SSSR count). The zero-order valence-electron chi connectivity index (χ0n) is 20.3. The monoisotopic (exact) mass is 545 g/mol. The summed E-state index contributed by atoms with van der Waals surface area (Å²) in [4.78, 5) is 19.3. The lowest BCUT2D eigenvalue weighted by molar-refractivity contribution is -0.139. The van der Waals surface area contributed by atoms with Crippen LogP contribution in [-0.4, -0.2) is 58.8 Å². The molecule has 194 valence electrons. The highest BCUT2D eigenvalue weighted by molar-refractivity contribution is 7.93. The van der Waals surface area contributed by atoms with Gasteiger partial charge in [0, 0.05) is 17.8 Å². The van der Waals surface area contributed by atoms with Gasteiger partial charge in [-0.3, -0.25) is 0 Å². The van der Waals surface area contributed by atoms with Crippen LogP contribution in [0.3, 0.4) is 0 Å². The Morgan fingerprint density at radius 2 is 1.76 bits per heavy atom. The van der Waals surface area contributed by atoms with E-state index in [0.29, 0.717) is 17.1 Å². The lowest BCUT2D eigenvalue weighted by Gasteiger charge is -2.15. The van der Waals surface area contributed by atoms with Crippen LogP contribution < -0.4 is 14.2 Å². The summed E-state index contributed by atoms with van der Waals surface area (Å²) >= 11 is -2.11. The summed E-state index contributed by atoms with van der Waals surface area (Å²) in [7, 11) is -1.37. The number of carboxylic acids is 1. The molecule has 0 spiro atoms. The number of aliphatic carboxylic acids is 1. The molecule has 2 heterocycles. The number of methoxy groups -OCH3 is 2. The van der Waals surface area contributed by atoms with Gasteiger partial charge in [-0.25, -0.2) is 18.2 Å². The first kappa shape index (κ1) is 26.3. The SMILES string of the molecule is COc1ccc2c(c1)nc([S+]([O-])c1ncc(C)c(OC)c1C)n2S(=O)(=O)c1ccc(OCC(=O)O)cc1. The van der Waals surface area contributed by atoms with Crippen molar-refractivity contribution in [3.05, 3.63) is 59.8 Å². The van der Waals surface area contributed by atoms with E-state index >= 15 is 0 Å². The standard InChI is InChI=1S/C24H23N3O8S2/c1-14-12-25-23(15(2)22(14)34-4)36(30)24-26-19-11-17(33-3)7-10-20(19)27(24)37(31,32)18-8-5-16(6-9-18)35-13-21(28)29/h5-12H,13H2,1-4H3,(H,28,29). The van der Waals surface area contributed by atoms with Gasteiger partial charge in [0.15, 0.2) is 6.61 Å². The van der Waals surface area contributed by atoms with Crippen LogP contribution >= 0.6 is 0 Å². The molecule has 0 aliphatic heterocycles. The summed E-state index contributed by atoms with van der Waals surface area (Å²) in [6.07, 6.45) is 1.50. The zero-order valence-corrected chi connectivity index (χ0v) is 21.9. The second kappa shape index (κ2) is 10.3. The Kier molecular flexibility index (Phi) is 7.30. The Labute approximate surface area is 215 Å². The van der Waals surface area contributed by atoms with E-state index in [-0.39, 0.29) is 31.9 Å². The number of pyridine rings is 1. The van der Waals surface area contributed by atoms with Gasteiger partial charge in [-0.15, -0.1) is 0 Å². The van der Waals surface area contributed by atoms with Gasteiger partial charge in [0.05, 0.1) is 46.9 Å². The molecular weight excluding hydrogens is 522 g/mol. The lowest BCUT2D eigenvalue weighted by Crippen LogP contribution is -2.20. The second-order valence-electron chi connectivity index (χ2n) is 7.85. The average Bonchev–Trinajstić information content (AvgIpc) is 3.27. The largest absolute Gasteiger partial charge is 0.603 e. The topological polar surface area (TPSA) is 153 Å². The third kappa shape index (κ3) is 4.92. The predicted molar refractivity (Wildman–Crippen MR) is 133 cm³/mol. The molecule has 37 heavy (non-hydrogen) atoms. The molecule has 0 amide bonds. The maximum absolute atomic E-state index is 13.8. The number of carboxylic acid groups (broad SMARTS) is 1. The van der Waals surface area contributed by atoms with E-state index < -0.39 is 33.8 Å². The van der Waals surface area contributed by atoms with Gasteiger partial charge in [-0.1, -0.05) is 0 Å². The molecule has 0 bridgehead atoms. The van der Waals surface area contributed by atoms with Crippen molar-refractivity contribution >= 4 is 38.2 Å². The number of benzene rings is 2. The maximum atomic E-state index is 13.8. The minimum absolute atomic E-state index is 0.110. The van der Waals surface area contributed by atoms with Crippen LogP contribution in [0.15, 0.2) is 63.7 Å². The second-order valence-corrected chi connectivity index (χ2v) is 10.9. The van der Waals surface area contributed by atoms with Crippen LogP contribution in [0, 0.1) is 13.8 Å². The summed E-state index contributed by atoms with van der Waals surface area (Å²) in [5, 5.41) is 8.64. The summed E-state index contributed by atoms with van der Waals surface area (Å²) in [5.74, 6) is -0.0571. The molecule has 4 aromatic rings. The highest BCUT2D eigenvalue weighted by Gasteiger charge is 2.35. The van der Waals surface area contributed by atoms with Crippen molar-refractivity contribution in [2.75, 3.05) is 20.8 Å². The molecule has 13 heteroatoms. The van der Waals surface area contributed by atoms with Crippen LogP contribution in [0.1, 0.15) is 11.1 Å². The molecule has 2 aromatic heterocycles. The summed E-state index contributed by atoms with van der Waals surface area (Å²) in [5.41, 5.74) is 1.67. The number of nitrogens with zero attached hydrogens (tertiary/aromatic N) is 3. The van der Waals surface area contributed by atoms with Crippen LogP contribution in [0.5, 0.6) is 17.2 Å². The first-order chi connectivity index (χ1) is 17.6. The van der Waals surface area contributed by atoms with Gasteiger partial charge in [0.25, 0.3) is 15.0 Å². The highest BCUT2D eigenvalue weighted by Crippen LogP contribution is 2.34. The zero-order chi connectivity index (χ0) is 26.9. The van der Waals surface area contributed by atoms with Gasteiger partial charge < -0.3 is 23.9 Å². The molecule has 11 nitrogen and oxygen atoms in total. The number of aromatic nitrogens is 3. The van der Waals surface area contributed by atoms with E-state index in [4.69, 9.17) is 19.3 Å². The van der Waals surface area contributed by atoms with Crippen LogP contribution in [0.2, 0.25) is 0 Å². The fourth-order valence-corrected chi connectivity index (χ4v) is 6.71. The van der Waals surface area contributed by atoms with Crippen molar-refractivity contribution < 1.29 is 37.1 Å². The van der Waals surface area contributed by atoms with Crippen molar-refractivity contribution in [2.45, 2.75) is 28.9 Å². The molecular formula is C24H23N3O8S2. The van der Waals surface area contributed by atoms with E-state index in [9.17, 15) is 17.8 Å². The number of imidazole rings is 1. The van der Waals surface area contributed by atoms with Gasteiger partial charge >= 0.3 is 11.1 Å². The van der Waals surface area contributed by atoms with E-state index in [1.165, 1.54) is 50.7 Å². The Morgan fingerprint density at radius 3 is 2.38 bits per heavy atom. The number of rotatable bonds is 9. The number of hydrogen-bond donors (Lipinski definition) is 1. The Balaban J connectivity index is 1.89. The first-order valence-electron chi connectivity index (χ1n) is 10.8. The molecule has 1 unspecified atom stereocenters. The molecule has 1 N–H and O–H groups in total. The number of ether oxygens (including phenoxy) is 3. The number of aryl methyl sites for hydroxylation is 1. The minimum Gasteiger partial charge on any atom is -0.603 e. The van der Waals surface area contributed by atoms with Crippen molar-refractivity contribution in [3.8, 4) is 17.2 Å². The predicted octanol–water partition coefficient (Wildman–Crippen LogP) is 2.93. The molecule has 0 saturated heterocycles. The average molecular weight is 546 g/mol. The van der Waals surface area contributed by atoms with E-state index in [1.807, 2.05) is 0 Å². The van der Waals surface area contributed by atoms with Gasteiger partial charge in [0.1, 0.15) is 17.2 Å². The minimum atomic E-state index is -4.32. The van der Waals surface area contributed by atoms with Gasteiger partial charge in [0.2, 0.25) is 0 Å². The van der Waals surface area contributed by atoms with E-state index in [1.54, 1.807) is 26.0 Å². The Bertz CT molecular complexity index is 1580. The quantitative estimate of drug-likeness (QED) is 0.311. The molecule has 0 saturated carbocycles. The van der Waals surface area contributed by atoms with Crippen molar-refractivity contribution in [1.29, 1.82) is 0 Å². The Morgan fingerprint density at radius 1 is 1.08 bits per heavy atom. The third-order valence-corrected chi connectivity index (χ3v) is 8.66. The van der Waals surface area contributed by atoms with Gasteiger partial charge in [-0.2, -0.15) is 8.96 Å². The normalized spacial score (nSPS) is 12.4. The van der Waals surface area contributed by atoms with Crippen molar-refractivity contribution in [3.63, 3.8) is 0 Å². The highest BCUT2D eigenvalue weighted by atomic mass is 32.2. The lowest BCUT2D eigenvalue weighted by atomic mass is 10.2. The van der Waals surface area contributed by atoms with E-state index in [0.717, 1.165) is 9.54 Å². The maximum Gasteiger partial charge on any atom is 0.346 e. The third-order valence-electron chi connectivity index (χ3n) is 5.46. The fourth-order valence-electron chi connectivity index (χ4n) is 3.74. The fraction of sp³-hybridized carbons (Fsp3) is 0.208. The molecule has 0 aliphatic rings. The van der Waals surface area contributed by atoms with Crippen molar-refractivity contribution in [1.82, 2.24) is 13.9 Å². The van der Waals surface area contributed by atoms with Crippen LogP contribution in [0.4, 0.5) is 0 Å². The molecule has 0 aliphatic carbocycles. The Hall–Kier alpha value is -3.81. The first-order valence-corrected chi connectivity index (χ1v) is 13.4. The molecule has 2 aromatic carbocycles. The summed E-state index contributed by atoms with van der Waals surface area (Å²) in [6.45, 7) is 2.91. The van der Waals surface area contributed by atoms with Crippen molar-refractivity contribution in [2.24, 2.45) is 0 Å². The number of hydrogen-bond acceptors (Lipinski definition) is 9.